The second-order valence-electron chi connectivity index (χ2n) is 7.02. The van der Waals surface area contributed by atoms with Crippen molar-refractivity contribution in [2.75, 3.05) is 18.6 Å². The normalized spacial score (nSPS) is 10.6. The molecule has 0 spiro atoms. The summed E-state index contributed by atoms with van der Waals surface area (Å²) in [5.41, 5.74) is 6.07. The van der Waals surface area contributed by atoms with E-state index >= 15 is 0 Å². The Labute approximate surface area is 163 Å². The molecule has 2 heteroatoms. The molecular weight excluding hydrogens is 330 g/mol. The highest BCUT2D eigenvalue weighted by molar-refractivity contribution is 5.69. The van der Waals surface area contributed by atoms with Crippen LogP contribution in [0.1, 0.15) is 31.7 Å². The molecule has 27 heavy (non-hydrogen) atoms. The van der Waals surface area contributed by atoms with Gasteiger partial charge in [-0.3, -0.25) is 0 Å². The van der Waals surface area contributed by atoms with Crippen LogP contribution in [0.2, 0.25) is 0 Å². The van der Waals surface area contributed by atoms with Gasteiger partial charge in [-0.2, -0.15) is 0 Å². The van der Waals surface area contributed by atoms with Crippen LogP contribution in [-0.4, -0.2) is 13.7 Å². The van der Waals surface area contributed by atoms with E-state index < -0.39 is 0 Å². The summed E-state index contributed by atoms with van der Waals surface area (Å²) in [6.45, 7) is 5.12. The largest absolute Gasteiger partial charge is 0.494 e. The van der Waals surface area contributed by atoms with Crippen LogP contribution in [0, 0.1) is 6.92 Å². The second-order valence-corrected chi connectivity index (χ2v) is 7.02. The Morgan fingerprint density at radius 3 is 1.78 bits per heavy atom. The van der Waals surface area contributed by atoms with Gasteiger partial charge >= 0.3 is 0 Å². The van der Waals surface area contributed by atoms with Crippen molar-refractivity contribution >= 4 is 11.4 Å². The fourth-order valence-electron chi connectivity index (χ4n) is 3.08. The Bertz CT molecular complexity index is 820. The average Bonchev–Trinajstić information content (AvgIpc) is 2.72. The molecule has 3 aromatic carbocycles. The molecule has 2 nitrogen and oxygen atoms in total. The monoisotopic (exact) mass is 359 g/mol. The van der Waals surface area contributed by atoms with Crippen LogP contribution in [-0.2, 0) is 0 Å². The summed E-state index contributed by atoms with van der Waals surface area (Å²) in [4.78, 5) is 2.20. The quantitative estimate of drug-likeness (QED) is 0.401. The second kappa shape index (κ2) is 9.27. The Morgan fingerprint density at radius 2 is 1.22 bits per heavy atom. The molecule has 0 fully saturated rings. The van der Waals surface area contributed by atoms with Gasteiger partial charge in [-0.05, 0) is 60.9 Å². The molecule has 140 valence electrons. The van der Waals surface area contributed by atoms with Crippen molar-refractivity contribution in [1.29, 1.82) is 0 Å². The lowest BCUT2D eigenvalue weighted by molar-refractivity contribution is 0.306. The first-order valence-corrected chi connectivity index (χ1v) is 9.81. The first-order chi connectivity index (χ1) is 13.2. The Morgan fingerprint density at radius 1 is 0.704 bits per heavy atom. The number of nitrogens with zero attached hydrogens (tertiary/aromatic N) is 1. The van der Waals surface area contributed by atoms with Crippen LogP contribution >= 0.6 is 0 Å². The molecule has 0 N–H and O–H groups in total. The van der Waals surface area contributed by atoms with E-state index in [9.17, 15) is 0 Å². The number of anilines is 2. The maximum Gasteiger partial charge on any atom is 0.119 e. The van der Waals surface area contributed by atoms with Crippen LogP contribution in [0.5, 0.6) is 5.75 Å². The number of ether oxygens (including phenoxy) is 1. The molecule has 0 aliphatic heterocycles. The summed E-state index contributed by atoms with van der Waals surface area (Å²) in [6, 6.07) is 25.7. The number of rotatable bonds is 8. The smallest absolute Gasteiger partial charge is 0.119 e. The van der Waals surface area contributed by atoms with Crippen molar-refractivity contribution in [3.8, 4) is 16.9 Å². The number of benzene rings is 3. The molecule has 0 atom stereocenters. The summed E-state index contributed by atoms with van der Waals surface area (Å²) in [6.07, 6.45) is 3.56. The Balaban J connectivity index is 1.65. The molecule has 0 saturated carbocycles. The van der Waals surface area contributed by atoms with Crippen LogP contribution in [0.3, 0.4) is 0 Å². The molecule has 0 aliphatic carbocycles. The highest BCUT2D eigenvalue weighted by atomic mass is 16.5. The fourth-order valence-corrected chi connectivity index (χ4v) is 3.08. The highest BCUT2D eigenvalue weighted by Crippen LogP contribution is 2.28. The standard InChI is InChI=1S/C25H29NO/c1-4-5-6-19-27-25-17-11-22(12-18-25)21-9-15-24(16-10-21)26(3)23-13-7-20(2)8-14-23/h7-18H,4-6,19H2,1-3H3. The Hall–Kier alpha value is -2.74. The minimum atomic E-state index is 0.799. The molecule has 3 aromatic rings. The lowest BCUT2D eigenvalue weighted by atomic mass is 10.0. The van der Waals surface area contributed by atoms with Gasteiger partial charge in [0.15, 0.2) is 0 Å². The summed E-state index contributed by atoms with van der Waals surface area (Å²) in [5.74, 6) is 0.950. The number of unbranched alkanes of at least 4 members (excludes halogenated alkanes) is 2. The van der Waals surface area contributed by atoms with Crippen molar-refractivity contribution in [3.63, 3.8) is 0 Å². The number of aryl methyl sites for hydroxylation is 1. The van der Waals surface area contributed by atoms with Crippen molar-refractivity contribution in [2.24, 2.45) is 0 Å². The molecule has 0 amide bonds. The van der Waals surface area contributed by atoms with Gasteiger partial charge in [-0.25, -0.2) is 0 Å². The summed E-state index contributed by atoms with van der Waals surface area (Å²) >= 11 is 0. The molecule has 0 aromatic heterocycles. The van der Waals surface area contributed by atoms with Gasteiger partial charge in [-0.15, -0.1) is 0 Å². The first-order valence-electron chi connectivity index (χ1n) is 9.81. The van der Waals surface area contributed by atoms with E-state index in [1.165, 1.54) is 40.9 Å². The third-order valence-corrected chi connectivity index (χ3v) is 4.88. The van der Waals surface area contributed by atoms with Crippen LogP contribution in [0.4, 0.5) is 11.4 Å². The van der Waals surface area contributed by atoms with Crippen molar-refractivity contribution in [3.05, 3.63) is 78.4 Å². The zero-order valence-electron chi connectivity index (χ0n) is 16.6. The third kappa shape index (κ3) is 5.13. The van der Waals surface area contributed by atoms with E-state index in [0.29, 0.717) is 0 Å². The lowest BCUT2D eigenvalue weighted by Gasteiger charge is -2.20. The molecule has 0 radical (unpaired) electrons. The maximum absolute atomic E-state index is 5.80. The van der Waals surface area contributed by atoms with E-state index in [1.807, 2.05) is 0 Å². The number of hydrogen-bond donors (Lipinski definition) is 0. The molecule has 0 saturated heterocycles. The fraction of sp³-hybridized carbons (Fsp3) is 0.280. The molecule has 0 heterocycles. The first kappa shape index (κ1) is 19.0. The van der Waals surface area contributed by atoms with Gasteiger partial charge in [0.05, 0.1) is 6.61 Å². The minimum absolute atomic E-state index is 0.799. The van der Waals surface area contributed by atoms with Crippen molar-refractivity contribution in [2.45, 2.75) is 33.1 Å². The summed E-state index contributed by atoms with van der Waals surface area (Å²) < 4.78 is 5.80. The minimum Gasteiger partial charge on any atom is -0.494 e. The zero-order valence-corrected chi connectivity index (χ0v) is 16.6. The molecule has 0 unspecified atom stereocenters. The van der Waals surface area contributed by atoms with E-state index in [0.717, 1.165) is 18.8 Å². The molecular formula is C25H29NO. The predicted octanol–water partition coefficient (Wildman–Crippen LogP) is 7.00. The van der Waals surface area contributed by atoms with Gasteiger partial charge in [0.25, 0.3) is 0 Å². The van der Waals surface area contributed by atoms with Crippen LogP contribution < -0.4 is 9.64 Å². The molecule has 0 aliphatic rings. The van der Waals surface area contributed by atoms with Crippen molar-refractivity contribution in [1.82, 2.24) is 0 Å². The van der Waals surface area contributed by atoms with E-state index in [1.54, 1.807) is 0 Å². The SMILES string of the molecule is CCCCCOc1ccc(-c2ccc(N(C)c3ccc(C)cc3)cc2)cc1. The van der Waals surface area contributed by atoms with E-state index in [2.05, 4.69) is 98.6 Å². The van der Waals surface area contributed by atoms with Gasteiger partial charge in [0.2, 0.25) is 0 Å². The lowest BCUT2D eigenvalue weighted by Crippen LogP contribution is -2.08. The maximum atomic E-state index is 5.80. The van der Waals surface area contributed by atoms with Gasteiger partial charge in [0, 0.05) is 18.4 Å². The van der Waals surface area contributed by atoms with Crippen LogP contribution in [0.15, 0.2) is 72.8 Å². The van der Waals surface area contributed by atoms with Crippen LogP contribution in [0.25, 0.3) is 11.1 Å². The molecule has 3 rings (SSSR count). The molecule has 0 bridgehead atoms. The predicted molar refractivity (Wildman–Crippen MR) is 116 cm³/mol. The third-order valence-electron chi connectivity index (χ3n) is 4.88. The van der Waals surface area contributed by atoms with Crippen molar-refractivity contribution < 1.29 is 4.74 Å². The van der Waals surface area contributed by atoms with Gasteiger partial charge in [-0.1, -0.05) is 61.7 Å². The van der Waals surface area contributed by atoms with E-state index in [-0.39, 0.29) is 0 Å². The van der Waals surface area contributed by atoms with Gasteiger partial charge < -0.3 is 9.64 Å². The number of hydrogen-bond acceptors (Lipinski definition) is 2. The zero-order chi connectivity index (χ0) is 19.1. The van der Waals surface area contributed by atoms with E-state index in [4.69, 9.17) is 4.74 Å². The average molecular weight is 360 g/mol. The summed E-state index contributed by atoms with van der Waals surface area (Å²) in [7, 11) is 2.10. The Kier molecular flexibility index (Phi) is 6.54. The highest BCUT2D eigenvalue weighted by Gasteiger charge is 2.05. The topological polar surface area (TPSA) is 12.5 Å². The summed E-state index contributed by atoms with van der Waals surface area (Å²) in [5, 5.41) is 0. The van der Waals surface area contributed by atoms with Gasteiger partial charge in [0.1, 0.15) is 5.75 Å².